The van der Waals surface area contributed by atoms with E-state index >= 15 is 0 Å². The van der Waals surface area contributed by atoms with Crippen LogP contribution in [0.5, 0.6) is 0 Å². The van der Waals surface area contributed by atoms with E-state index in [0.717, 1.165) is 12.8 Å². The molecule has 1 heterocycles. The SMILES string of the molecule is COC(=O)CC1(CS(=O)(=O)C2COCCC2N)CC1. The molecule has 19 heavy (non-hydrogen) atoms. The number of rotatable bonds is 5. The summed E-state index contributed by atoms with van der Waals surface area (Å²) in [6, 6.07) is -0.368. The van der Waals surface area contributed by atoms with Crippen molar-refractivity contribution in [1.29, 1.82) is 0 Å². The second-order valence-electron chi connectivity index (χ2n) is 5.63. The van der Waals surface area contributed by atoms with Crippen molar-refractivity contribution in [2.75, 3.05) is 26.1 Å². The quantitative estimate of drug-likeness (QED) is 0.708. The Bertz CT molecular complexity index is 443. The molecule has 0 aromatic rings. The first kappa shape index (κ1) is 14.7. The third-order valence-corrected chi connectivity index (χ3v) is 6.45. The molecule has 1 aliphatic carbocycles. The van der Waals surface area contributed by atoms with Gasteiger partial charge < -0.3 is 15.2 Å². The lowest BCUT2D eigenvalue weighted by molar-refractivity contribution is -0.141. The lowest BCUT2D eigenvalue weighted by atomic mass is 10.1. The molecule has 0 amide bonds. The Morgan fingerprint density at radius 2 is 2.16 bits per heavy atom. The summed E-state index contributed by atoms with van der Waals surface area (Å²) >= 11 is 0. The number of hydrogen-bond acceptors (Lipinski definition) is 6. The molecular weight excluding hydrogens is 270 g/mol. The molecule has 7 heteroatoms. The summed E-state index contributed by atoms with van der Waals surface area (Å²) in [6.45, 7) is 0.679. The van der Waals surface area contributed by atoms with Crippen molar-refractivity contribution in [1.82, 2.24) is 0 Å². The van der Waals surface area contributed by atoms with Gasteiger partial charge in [-0.05, 0) is 24.7 Å². The Morgan fingerprint density at radius 3 is 2.68 bits per heavy atom. The Balaban J connectivity index is 2.02. The minimum atomic E-state index is -3.34. The van der Waals surface area contributed by atoms with E-state index in [-0.39, 0.29) is 30.8 Å². The van der Waals surface area contributed by atoms with Crippen LogP contribution in [-0.2, 0) is 24.1 Å². The number of ether oxygens (including phenoxy) is 2. The van der Waals surface area contributed by atoms with Gasteiger partial charge in [0.2, 0.25) is 0 Å². The van der Waals surface area contributed by atoms with Gasteiger partial charge >= 0.3 is 5.97 Å². The first-order chi connectivity index (χ1) is 8.88. The molecular formula is C12H21NO5S. The summed E-state index contributed by atoms with van der Waals surface area (Å²) in [5.74, 6) is -0.339. The van der Waals surface area contributed by atoms with Crippen LogP contribution in [0.2, 0.25) is 0 Å². The lowest BCUT2D eigenvalue weighted by Gasteiger charge is -2.29. The molecule has 2 atom stereocenters. The first-order valence-corrected chi connectivity index (χ1v) is 8.22. The fourth-order valence-corrected chi connectivity index (χ4v) is 4.99. The highest BCUT2D eigenvalue weighted by molar-refractivity contribution is 7.92. The van der Waals surface area contributed by atoms with Crippen molar-refractivity contribution in [2.24, 2.45) is 11.1 Å². The summed E-state index contributed by atoms with van der Waals surface area (Å²) in [7, 11) is -2.02. The summed E-state index contributed by atoms with van der Waals surface area (Å²) in [6.07, 6.45) is 2.24. The molecule has 2 aliphatic rings. The molecule has 0 radical (unpaired) electrons. The highest BCUT2D eigenvalue weighted by atomic mass is 32.2. The van der Waals surface area contributed by atoms with Crippen molar-refractivity contribution in [3.8, 4) is 0 Å². The fourth-order valence-electron chi connectivity index (χ4n) is 2.56. The van der Waals surface area contributed by atoms with Crippen LogP contribution in [0.25, 0.3) is 0 Å². The normalized spacial score (nSPS) is 29.8. The monoisotopic (exact) mass is 291 g/mol. The van der Waals surface area contributed by atoms with Gasteiger partial charge in [-0.1, -0.05) is 0 Å². The molecule has 1 saturated heterocycles. The molecule has 2 unspecified atom stereocenters. The number of hydrogen-bond donors (Lipinski definition) is 1. The number of methoxy groups -OCH3 is 1. The van der Waals surface area contributed by atoms with Gasteiger partial charge in [-0.15, -0.1) is 0 Å². The van der Waals surface area contributed by atoms with Crippen molar-refractivity contribution >= 4 is 15.8 Å². The molecule has 2 rings (SSSR count). The number of esters is 1. The van der Waals surface area contributed by atoms with Crippen LogP contribution in [0.1, 0.15) is 25.7 Å². The smallest absolute Gasteiger partial charge is 0.306 e. The van der Waals surface area contributed by atoms with Crippen LogP contribution in [0.15, 0.2) is 0 Å². The van der Waals surface area contributed by atoms with Gasteiger partial charge in [-0.3, -0.25) is 4.79 Å². The van der Waals surface area contributed by atoms with Gasteiger partial charge in [-0.2, -0.15) is 0 Å². The minimum absolute atomic E-state index is 0.0107. The second-order valence-corrected chi connectivity index (χ2v) is 7.85. The molecule has 1 aliphatic heterocycles. The Hall–Kier alpha value is -0.660. The predicted molar refractivity (Wildman–Crippen MR) is 69.3 cm³/mol. The number of nitrogens with two attached hydrogens (primary N) is 1. The van der Waals surface area contributed by atoms with Crippen LogP contribution in [0, 0.1) is 5.41 Å². The first-order valence-electron chi connectivity index (χ1n) is 6.50. The fraction of sp³-hybridized carbons (Fsp3) is 0.917. The molecule has 0 spiro atoms. The summed E-state index contributed by atoms with van der Waals surface area (Å²) in [5.41, 5.74) is 5.45. The van der Waals surface area contributed by atoms with Crippen LogP contribution in [-0.4, -0.2) is 51.8 Å². The van der Waals surface area contributed by atoms with Crippen molar-refractivity contribution in [2.45, 2.75) is 37.0 Å². The second kappa shape index (κ2) is 5.38. The Kier molecular flexibility index (Phi) is 4.17. The van der Waals surface area contributed by atoms with E-state index in [9.17, 15) is 13.2 Å². The van der Waals surface area contributed by atoms with E-state index < -0.39 is 20.5 Å². The minimum Gasteiger partial charge on any atom is -0.469 e. The number of sulfone groups is 1. The molecule has 2 N–H and O–H groups in total. The Morgan fingerprint density at radius 1 is 1.47 bits per heavy atom. The van der Waals surface area contributed by atoms with Crippen LogP contribution >= 0.6 is 0 Å². The van der Waals surface area contributed by atoms with Gasteiger partial charge in [0.05, 0.1) is 31.1 Å². The number of carbonyl (C=O) groups excluding carboxylic acids is 1. The maximum atomic E-state index is 12.4. The third-order valence-electron chi connectivity index (χ3n) is 4.03. The van der Waals surface area contributed by atoms with E-state index in [4.69, 9.17) is 10.5 Å². The maximum absolute atomic E-state index is 12.4. The maximum Gasteiger partial charge on any atom is 0.306 e. The zero-order chi connectivity index (χ0) is 14.1. The molecule has 2 fully saturated rings. The average molecular weight is 291 g/mol. The van der Waals surface area contributed by atoms with Gasteiger partial charge in [0.15, 0.2) is 9.84 Å². The van der Waals surface area contributed by atoms with Gasteiger partial charge in [0.1, 0.15) is 0 Å². The molecule has 0 bridgehead atoms. The van der Waals surface area contributed by atoms with Crippen molar-refractivity contribution < 1.29 is 22.7 Å². The summed E-state index contributed by atoms with van der Waals surface area (Å²) in [5, 5.41) is -0.642. The molecule has 1 saturated carbocycles. The molecule has 110 valence electrons. The van der Waals surface area contributed by atoms with Crippen LogP contribution < -0.4 is 5.73 Å². The topological polar surface area (TPSA) is 95.7 Å². The van der Waals surface area contributed by atoms with E-state index in [1.54, 1.807) is 0 Å². The standard InChI is InChI=1S/C12H21NO5S/c1-17-11(14)6-12(3-4-12)8-19(15,16)10-7-18-5-2-9(10)13/h9-10H,2-8,13H2,1H3. The zero-order valence-corrected chi connectivity index (χ0v) is 11.9. The van der Waals surface area contributed by atoms with E-state index in [0.29, 0.717) is 13.0 Å². The molecule has 0 aromatic carbocycles. The summed E-state index contributed by atoms with van der Waals surface area (Å²) in [4.78, 5) is 11.3. The van der Waals surface area contributed by atoms with Gasteiger partial charge in [-0.25, -0.2) is 8.42 Å². The Labute approximate surface area is 113 Å². The highest BCUT2D eigenvalue weighted by Crippen LogP contribution is 2.50. The molecule has 6 nitrogen and oxygen atoms in total. The van der Waals surface area contributed by atoms with Crippen molar-refractivity contribution in [3.63, 3.8) is 0 Å². The summed E-state index contributed by atoms with van der Waals surface area (Å²) < 4.78 is 34.7. The average Bonchev–Trinajstić information content (AvgIpc) is 3.07. The highest BCUT2D eigenvalue weighted by Gasteiger charge is 2.50. The van der Waals surface area contributed by atoms with E-state index in [1.807, 2.05) is 0 Å². The molecule has 0 aromatic heterocycles. The largest absolute Gasteiger partial charge is 0.469 e. The van der Waals surface area contributed by atoms with Crippen LogP contribution in [0.3, 0.4) is 0 Å². The lowest BCUT2D eigenvalue weighted by Crippen LogP contribution is -2.49. The third kappa shape index (κ3) is 3.46. The van der Waals surface area contributed by atoms with Gasteiger partial charge in [0, 0.05) is 12.6 Å². The van der Waals surface area contributed by atoms with E-state index in [2.05, 4.69) is 4.74 Å². The van der Waals surface area contributed by atoms with Gasteiger partial charge in [0.25, 0.3) is 0 Å². The van der Waals surface area contributed by atoms with Crippen molar-refractivity contribution in [3.05, 3.63) is 0 Å². The van der Waals surface area contributed by atoms with Crippen LogP contribution in [0.4, 0.5) is 0 Å². The zero-order valence-electron chi connectivity index (χ0n) is 11.1. The predicted octanol–water partition coefficient (Wildman–Crippen LogP) is -0.139. The van der Waals surface area contributed by atoms with E-state index in [1.165, 1.54) is 7.11 Å². The number of carbonyl (C=O) groups is 1.